The van der Waals surface area contributed by atoms with Gasteiger partial charge in [-0.05, 0) is 19.1 Å². The Morgan fingerprint density at radius 1 is 1.60 bits per heavy atom. The van der Waals surface area contributed by atoms with Gasteiger partial charge < -0.3 is 4.98 Å². The van der Waals surface area contributed by atoms with Gasteiger partial charge in [0.25, 0.3) is 5.56 Å². The van der Waals surface area contributed by atoms with Crippen molar-refractivity contribution >= 4 is 12.2 Å². The van der Waals surface area contributed by atoms with Gasteiger partial charge in [-0.2, -0.15) is 0 Å². The number of rotatable bonds is 0. The quantitative estimate of drug-likeness (QED) is 0.477. The largest absolute Gasteiger partial charge is 0.338 e. The molecule has 0 radical (unpaired) electrons. The molecule has 0 aliphatic heterocycles. The molecule has 1 aromatic rings. The van der Waals surface area contributed by atoms with E-state index in [1.54, 1.807) is 13.1 Å². The monoisotopic (exact) mass is 198 g/mol. The molecule has 0 unspecified atom stereocenters. The molecule has 0 amide bonds. The Morgan fingerprint density at radius 3 is 2.60 bits per heavy atom. The fourth-order valence-electron chi connectivity index (χ4n) is 0.477. The van der Waals surface area contributed by atoms with Gasteiger partial charge in [-0.25, -0.2) is 0 Å². The molecule has 1 aromatic heterocycles. The molecule has 56 valence electrons. The van der Waals surface area contributed by atoms with Crippen molar-refractivity contribution in [3.05, 3.63) is 26.9 Å². The van der Waals surface area contributed by atoms with E-state index in [0.29, 0.717) is 10.3 Å². The number of hydrogen-bond donors (Lipinski definition) is 2. The Hall–Kier alpha value is -0.381. The molecule has 0 bridgehead atoms. The molecule has 5 heteroatoms. The summed E-state index contributed by atoms with van der Waals surface area (Å²) in [5.74, 6) is 0. The van der Waals surface area contributed by atoms with Gasteiger partial charge >= 0.3 is 0 Å². The van der Waals surface area contributed by atoms with Crippen LogP contribution in [0.2, 0.25) is 0 Å². The third kappa shape index (κ3) is 2.10. The smallest absolute Gasteiger partial charge is 0.254 e. The van der Waals surface area contributed by atoms with Crippen molar-refractivity contribution in [3.8, 4) is 0 Å². The van der Waals surface area contributed by atoms with Crippen LogP contribution in [0.15, 0.2) is 11.0 Å². The Morgan fingerprint density at radius 2 is 2.20 bits per heavy atom. The molecule has 0 aromatic carbocycles. The number of nitrogens with one attached hydrogen (secondary N) is 2. The first kappa shape index (κ1) is 9.62. The summed E-state index contributed by atoms with van der Waals surface area (Å²) in [6.07, 6.45) is 1.58. The number of H-pyrrole nitrogens is 2. The van der Waals surface area contributed by atoms with Crippen LogP contribution in [0.25, 0.3) is 0 Å². The fourth-order valence-corrected chi connectivity index (χ4v) is 0.629. The zero-order chi connectivity index (χ0) is 6.85. The molecule has 0 saturated heterocycles. The molecular weight excluding hydrogens is 192 g/mol. The number of aryl methyl sites for hydroxylation is 1. The average Bonchev–Trinajstić information content (AvgIpc) is 1.80. The van der Waals surface area contributed by atoms with Gasteiger partial charge in [-0.1, -0.05) is 0 Å². The van der Waals surface area contributed by atoms with Gasteiger partial charge in [-0.3, -0.25) is 9.78 Å². The van der Waals surface area contributed by atoms with E-state index < -0.39 is 0 Å². The Labute approximate surface area is 73.4 Å². The van der Waals surface area contributed by atoms with E-state index in [0.717, 1.165) is 0 Å². The Bertz CT molecular complexity index is 316. The van der Waals surface area contributed by atoms with E-state index in [2.05, 4.69) is 22.2 Å². The van der Waals surface area contributed by atoms with Crippen LogP contribution in [0.1, 0.15) is 5.56 Å². The summed E-state index contributed by atoms with van der Waals surface area (Å²) in [5.41, 5.74) is 0.516. The van der Waals surface area contributed by atoms with Crippen LogP contribution in [-0.2, 0) is 17.1 Å². The normalized spacial score (nSPS) is 8.50. The summed E-state index contributed by atoms with van der Waals surface area (Å²) in [4.78, 5) is 15.8. The second-order valence-electron chi connectivity index (χ2n) is 1.75. The van der Waals surface area contributed by atoms with Gasteiger partial charge in [0, 0.05) is 28.8 Å². The van der Waals surface area contributed by atoms with Gasteiger partial charge in [0.1, 0.15) is 0 Å². The van der Waals surface area contributed by atoms with Crippen LogP contribution >= 0.6 is 12.2 Å². The number of hydrogen-bond acceptors (Lipinski definition) is 2. The van der Waals surface area contributed by atoms with E-state index in [9.17, 15) is 4.79 Å². The summed E-state index contributed by atoms with van der Waals surface area (Å²) < 4.78 is 0.366. The van der Waals surface area contributed by atoms with E-state index >= 15 is 0 Å². The molecular formula is C5H6FeN2OS. The molecule has 1 heterocycles. The van der Waals surface area contributed by atoms with Crippen LogP contribution in [0.5, 0.6) is 0 Å². The van der Waals surface area contributed by atoms with Crippen molar-refractivity contribution < 1.29 is 17.1 Å². The minimum Gasteiger partial charge on any atom is -0.338 e. The van der Waals surface area contributed by atoms with Crippen LogP contribution in [0, 0.1) is 11.7 Å². The molecule has 1 rings (SSSR count). The van der Waals surface area contributed by atoms with Gasteiger partial charge in [0.05, 0.1) is 0 Å². The minimum absolute atomic E-state index is 0. The summed E-state index contributed by atoms with van der Waals surface area (Å²) in [7, 11) is 0. The molecule has 0 spiro atoms. The first-order chi connectivity index (χ1) is 4.20. The summed E-state index contributed by atoms with van der Waals surface area (Å²) in [6.45, 7) is 1.71. The Balaban J connectivity index is 0.000000810. The maximum Gasteiger partial charge on any atom is 0.254 e. The van der Waals surface area contributed by atoms with Crippen molar-refractivity contribution in [1.82, 2.24) is 9.97 Å². The third-order valence-corrected chi connectivity index (χ3v) is 1.22. The van der Waals surface area contributed by atoms with Crippen molar-refractivity contribution in [3.63, 3.8) is 0 Å². The maximum absolute atomic E-state index is 10.7. The number of aromatic nitrogens is 2. The second-order valence-corrected chi connectivity index (χ2v) is 2.16. The Kier molecular flexibility index (Phi) is 3.57. The predicted molar refractivity (Wildman–Crippen MR) is 37.0 cm³/mol. The van der Waals surface area contributed by atoms with E-state index in [4.69, 9.17) is 0 Å². The van der Waals surface area contributed by atoms with Gasteiger partial charge in [0.15, 0.2) is 4.77 Å². The molecule has 0 aliphatic rings. The van der Waals surface area contributed by atoms with E-state index in [1.165, 1.54) is 0 Å². The summed E-state index contributed by atoms with van der Waals surface area (Å²) in [6, 6.07) is 0. The molecule has 3 nitrogen and oxygen atoms in total. The van der Waals surface area contributed by atoms with Crippen molar-refractivity contribution in [1.29, 1.82) is 0 Å². The van der Waals surface area contributed by atoms with E-state index in [-0.39, 0.29) is 22.6 Å². The van der Waals surface area contributed by atoms with Crippen molar-refractivity contribution in [2.24, 2.45) is 0 Å². The SMILES string of the molecule is Cc1c[nH]c(=S)[nH]c1=O.[Fe]. The minimum atomic E-state index is -0.126. The summed E-state index contributed by atoms with van der Waals surface area (Å²) >= 11 is 4.65. The topological polar surface area (TPSA) is 48.6 Å². The molecule has 0 saturated carbocycles. The summed E-state index contributed by atoms with van der Waals surface area (Å²) in [5, 5.41) is 0. The first-order valence-electron chi connectivity index (χ1n) is 2.49. The number of aromatic amines is 2. The van der Waals surface area contributed by atoms with Crippen LogP contribution < -0.4 is 5.56 Å². The van der Waals surface area contributed by atoms with Crippen molar-refractivity contribution in [2.45, 2.75) is 6.92 Å². The van der Waals surface area contributed by atoms with Gasteiger partial charge in [0.2, 0.25) is 0 Å². The fraction of sp³-hybridized carbons (Fsp3) is 0.200. The van der Waals surface area contributed by atoms with Crippen LogP contribution in [-0.4, -0.2) is 9.97 Å². The molecule has 0 atom stereocenters. The third-order valence-electron chi connectivity index (χ3n) is 1.00. The van der Waals surface area contributed by atoms with Crippen molar-refractivity contribution in [2.75, 3.05) is 0 Å². The molecule has 0 fully saturated rings. The standard InChI is InChI=1S/C5H6N2OS.Fe/c1-3-2-6-5(9)7-4(3)8;/h2H,1H3,(H2,6,7,8,9);. The zero-order valence-corrected chi connectivity index (χ0v) is 7.17. The second kappa shape index (κ2) is 3.71. The van der Waals surface area contributed by atoms with Gasteiger partial charge in [-0.15, -0.1) is 0 Å². The maximum atomic E-state index is 10.7. The molecule has 0 aliphatic carbocycles. The average molecular weight is 198 g/mol. The molecule has 10 heavy (non-hydrogen) atoms. The predicted octanol–water partition coefficient (Wildman–Crippen LogP) is 0.738. The van der Waals surface area contributed by atoms with Crippen LogP contribution in [0.3, 0.4) is 0 Å². The molecule has 2 N–H and O–H groups in total. The van der Waals surface area contributed by atoms with Crippen LogP contribution in [0.4, 0.5) is 0 Å². The first-order valence-corrected chi connectivity index (χ1v) is 2.89. The van der Waals surface area contributed by atoms with E-state index in [1.807, 2.05) is 0 Å². The zero-order valence-electron chi connectivity index (χ0n) is 5.25.